The van der Waals surface area contributed by atoms with E-state index in [-0.39, 0.29) is 5.56 Å². The van der Waals surface area contributed by atoms with Crippen LogP contribution in [0.1, 0.15) is 27.2 Å². The monoisotopic (exact) mass is 274 g/mol. The number of hydrogen-bond acceptors (Lipinski definition) is 3. The Bertz CT molecular complexity index is 687. The van der Waals surface area contributed by atoms with Gasteiger partial charge in [-0.05, 0) is 44.0 Å². The highest BCUT2D eigenvalue weighted by Gasteiger charge is 2.23. The summed E-state index contributed by atoms with van der Waals surface area (Å²) in [5, 5.41) is 13.6. The molecule has 2 rings (SSSR count). The van der Waals surface area contributed by atoms with Crippen LogP contribution in [0.25, 0.3) is 11.3 Å². The molecule has 0 aliphatic heterocycles. The van der Waals surface area contributed by atoms with E-state index < -0.39 is 5.97 Å². The molecule has 0 aliphatic carbocycles. The van der Waals surface area contributed by atoms with Crippen molar-refractivity contribution in [1.82, 2.24) is 9.78 Å². The lowest BCUT2D eigenvalue weighted by Gasteiger charge is -2.13. The first-order valence-corrected chi connectivity index (χ1v) is 6.29. The van der Waals surface area contributed by atoms with Gasteiger partial charge in [-0.1, -0.05) is 0 Å². The van der Waals surface area contributed by atoms with Crippen LogP contribution in [0.15, 0.2) is 12.1 Å². The minimum atomic E-state index is -0.981. The molecule has 5 nitrogen and oxygen atoms in total. The number of hydrogen-bond donors (Lipinski definition) is 1. The predicted octanol–water partition coefficient (Wildman–Crippen LogP) is 2.72. The van der Waals surface area contributed by atoms with Crippen LogP contribution >= 0.6 is 0 Å². The Balaban J connectivity index is 2.81. The van der Waals surface area contributed by atoms with Crippen LogP contribution < -0.4 is 4.74 Å². The van der Waals surface area contributed by atoms with E-state index in [9.17, 15) is 9.90 Å². The third kappa shape index (κ3) is 2.15. The predicted molar refractivity (Wildman–Crippen MR) is 76.4 cm³/mol. The number of aryl methyl sites for hydroxylation is 4. The molecule has 1 aromatic heterocycles. The Kier molecular flexibility index (Phi) is 3.53. The number of carboxylic acid groups (broad SMARTS) is 1. The molecule has 20 heavy (non-hydrogen) atoms. The van der Waals surface area contributed by atoms with Gasteiger partial charge in [0, 0.05) is 12.6 Å². The highest BCUT2D eigenvalue weighted by molar-refractivity contribution is 5.97. The summed E-state index contributed by atoms with van der Waals surface area (Å²) in [6, 6.07) is 3.86. The van der Waals surface area contributed by atoms with Crippen LogP contribution in [0.2, 0.25) is 0 Å². The fraction of sp³-hybridized carbons (Fsp3) is 0.333. The van der Waals surface area contributed by atoms with E-state index in [4.69, 9.17) is 4.74 Å². The Morgan fingerprint density at radius 1 is 1.25 bits per heavy atom. The lowest BCUT2D eigenvalue weighted by molar-refractivity contribution is 0.0697. The fourth-order valence-corrected chi connectivity index (χ4v) is 2.37. The van der Waals surface area contributed by atoms with Crippen molar-refractivity contribution in [1.29, 1.82) is 0 Å². The molecule has 0 amide bonds. The summed E-state index contributed by atoms with van der Waals surface area (Å²) in [6.45, 7) is 5.68. The molecule has 0 atom stereocenters. The van der Waals surface area contributed by atoms with Gasteiger partial charge in [0.05, 0.1) is 18.5 Å². The maximum Gasteiger partial charge on any atom is 0.339 e. The van der Waals surface area contributed by atoms with Gasteiger partial charge in [0.15, 0.2) is 0 Å². The topological polar surface area (TPSA) is 64.3 Å². The van der Waals surface area contributed by atoms with Gasteiger partial charge in [0.1, 0.15) is 11.3 Å². The molecule has 0 saturated heterocycles. The second kappa shape index (κ2) is 5.00. The van der Waals surface area contributed by atoms with Crippen LogP contribution in [0.5, 0.6) is 5.75 Å². The largest absolute Gasteiger partial charge is 0.496 e. The zero-order valence-electron chi connectivity index (χ0n) is 12.3. The minimum Gasteiger partial charge on any atom is -0.496 e. The van der Waals surface area contributed by atoms with Crippen LogP contribution in [-0.4, -0.2) is 28.0 Å². The van der Waals surface area contributed by atoms with E-state index in [1.807, 2.05) is 26.0 Å². The van der Waals surface area contributed by atoms with E-state index in [0.717, 1.165) is 16.7 Å². The molecule has 106 valence electrons. The fourth-order valence-electron chi connectivity index (χ4n) is 2.37. The number of aromatic nitrogens is 2. The molecule has 0 saturated carbocycles. The summed E-state index contributed by atoms with van der Waals surface area (Å²) in [5.41, 5.74) is 4.20. The molecular weight excluding hydrogens is 256 g/mol. The van der Waals surface area contributed by atoms with Crippen molar-refractivity contribution >= 4 is 5.97 Å². The Morgan fingerprint density at radius 3 is 2.40 bits per heavy atom. The van der Waals surface area contributed by atoms with Gasteiger partial charge >= 0.3 is 5.97 Å². The molecule has 0 aliphatic rings. The first-order chi connectivity index (χ1) is 9.36. The molecule has 1 heterocycles. The van der Waals surface area contributed by atoms with Gasteiger partial charge in [-0.3, -0.25) is 4.68 Å². The second-order valence-electron chi connectivity index (χ2n) is 4.87. The van der Waals surface area contributed by atoms with Crippen molar-refractivity contribution in [2.75, 3.05) is 7.11 Å². The molecular formula is C15H18N2O3. The van der Waals surface area contributed by atoms with Gasteiger partial charge in [-0.2, -0.15) is 5.10 Å². The van der Waals surface area contributed by atoms with Crippen LogP contribution in [-0.2, 0) is 7.05 Å². The molecule has 0 spiro atoms. The summed E-state index contributed by atoms with van der Waals surface area (Å²) in [4.78, 5) is 11.5. The number of carboxylic acids is 1. The molecule has 0 bridgehead atoms. The zero-order chi connectivity index (χ0) is 15.0. The molecule has 1 aromatic carbocycles. The van der Waals surface area contributed by atoms with Crippen molar-refractivity contribution in [2.24, 2.45) is 7.05 Å². The van der Waals surface area contributed by atoms with Crippen molar-refractivity contribution in [3.8, 4) is 17.0 Å². The van der Waals surface area contributed by atoms with Gasteiger partial charge in [0.2, 0.25) is 0 Å². The second-order valence-corrected chi connectivity index (χ2v) is 4.87. The van der Waals surface area contributed by atoms with E-state index in [1.54, 1.807) is 25.8 Å². The average molecular weight is 274 g/mol. The van der Waals surface area contributed by atoms with E-state index in [0.29, 0.717) is 17.1 Å². The van der Waals surface area contributed by atoms with Crippen molar-refractivity contribution in [3.63, 3.8) is 0 Å². The highest BCUT2D eigenvalue weighted by atomic mass is 16.5. The molecule has 0 radical (unpaired) electrons. The summed E-state index contributed by atoms with van der Waals surface area (Å²) in [7, 11) is 3.32. The van der Waals surface area contributed by atoms with E-state index in [2.05, 4.69) is 5.10 Å². The molecule has 0 unspecified atom stereocenters. The maximum absolute atomic E-state index is 11.5. The molecule has 5 heteroatoms. The SMILES string of the molecule is COc1cc(C)c(C)cc1-c1c(C(=O)O)c(C)nn1C. The standard InChI is InChI=1S/C15H18N2O3/c1-8-6-11(12(20-5)7-9(8)2)14-13(15(18)19)10(3)16-17(14)4/h6-7H,1-5H3,(H,18,19). The summed E-state index contributed by atoms with van der Waals surface area (Å²) in [6.07, 6.45) is 0. The first kappa shape index (κ1) is 14.1. The number of methoxy groups -OCH3 is 1. The van der Waals surface area contributed by atoms with Crippen molar-refractivity contribution < 1.29 is 14.6 Å². The summed E-state index contributed by atoms with van der Waals surface area (Å²) < 4.78 is 6.99. The highest BCUT2D eigenvalue weighted by Crippen LogP contribution is 2.35. The smallest absolute Gasteiger partial charge is 0.339 e. The number of rotatable bonds is 3. The number of carbonyl (C=O) groups is 1. The Morgan fingerprint density at radius 2 is 1.85 bits per heavy atom. The lowest BCUT2D eigenvalue weighted by Crippen LogP contribution is -2.03. The zero-order valence-corrected chi connectivity index (χ0v) is 12.3. The number of nitrogens with zero attached hydrogens (tertiary/aromatic N) is 2. The molecule has 2 aromatic rings. The van der Waals surface area contributed by atoms with Crippen LogP contribution in [0, 0.1) is 20.8 Å². The third-order valence-corrected chi connectivity index (χ3v) is 3.51. The van der Waals surface area contributed by atoms with Gasteiger partial charge < -0.3 is 9.84 Å². The maximum atomic E-state index is 11.5. The number of ether oxygens (including phenoxy) is 1. The van der Waals surface area contributed by atoms with E-state index in [1.165, 1.54) is 0 Å². The van der Waals surface area contributed by atoms with Crippen molar-refractivity contribution in [3.05, 3.63) is 34.5 Å². The average Bonchev–Trinajstić information content (AvgIpc) is 2.67. The first-order valence-electron chi connectivity index (χ1n) is 6.29. The lowest BCUT2D eigenvalue weighted by atomic mass is 9.99. The van der Waals surface area contributed by atoms with Crippen LogP contribution in [0.4, 0.5) is 0 Å². The summed E-state index contributed by atoms with van der Waals surface area (Å²) >= 11 is 0. The Hall–Kier alpha value is -2.30. The van der Waals surface area contributed by atoms with Gasteiger partial charge in [-0.25, -0.2) is 4.79 Å². The molecule has 0 fully saturated rings. The van der Waals surface area contributed by atoms with Crippen LogP contribution in [0.3, 0.4) is 0 Å². The number of benzene rings is 1. The third-order valence-electron chi connectivity index (χ3n) is 3.51. The Labute approximate surface area is 117 Å². The summed E-state index contributed by atoms with van der Waals surface area (Å²) in [5.74, 6) is -0.329. The normalized spacial score (nSPS) is 10.7. The quantitative estimate of drug-likeness (QED) is 0.934. The van der Waals surface area contributed by atoms with Gasteiger partial charge in [0.25, 0.3) is 0 Å². The minimum absolute atomic E-state index is 0.217. The number of aromatic carboxylic acids is 1. The van der Waals surface area contributed by atoms with E-state index >= 15 is 0 Å². The van der Waals surface area contributed by atoms with Crippen molar-refractivity contribution in [2.45, 2.75) is 20.8 Å². The van der Waals surface area contributed by atoms with Gasteiger partial charge in [-0.15, -0.1) is 0 Å². The molecule has 1 N–H and O–H groups in total.